The van der Waals surface area contributed by atoms with Crippen LogP contribution in [0.1, 0.15) is 241 Å². The van der Waals surface area contributed by atoms with Gasteiger partial charge in [-0.1, -0.05) is 119 Å². The number of aliphatic hydroxyl groups is 2. The summed E-state index contributed by atoms with van der Waals surface area (Å²) in [5.74, 6) is 7.13. The third-order valence-corrected chi connectivity index (χ3v) is 36.8. The second kappa shape index (κ2) is 41.3. The highest BCUT2D eigenvalue weighted by Gasteiger charge is 2.41. The van der Waals surface area contributed by atoms with Crippen LogP contribution in [0.15, 0.2) is 190 Å². The van der Waals surface area contributed by atoms with E-state index in [0.717, 1.165) is 177 Å². The fourth-order valence-corrected chi connectivity index (χ4v) is 28.7. The van der Waals surface area contributed by atoms with E-state index in [4.69, 9.17) is 66.4 Å². The highest BCUT2D eigenvalue weighted by Crippen LogP contribution is 2.48. The van der Waals surface area contributed by atoms with Gasteiger partial charge in [0.05, 0.1) is 59.7 Å². The van der Waals surface area contributed by atoms with Gasteiger partial charge in [0.1, 0.15) is 67.5 Å². The molecule has 14 heterocycles. The highest BCUT2D eigenvalue weighted by molar-refractivity contribution is 7.84. The van der Waals surface area contributed by atoms with Gasteiger partial charge in [0.2, 0.25) is 23.6 Å². The van der Waals surface area contributed by atoms with Crippen LogP contribution >= 0.6 is 91.8 Å². The molecule has 0 saturated heterocycles. The number of hydrogen-bond donors (Lipinski definition) is 6. The normalized spacial score (nSPS) is 18.9. The van der Waals surface area contributed by atoms with Crippen LogP contribution in [-0.4, -0.2) is 135 Å². The van der Waals surface area contributed by atoms with E-state index in [1.54, 1.807) is 45.3 Å². The van der Waals surface area contributed by atoms with Gasteiger partial charge in [-0.2, -0.15) is 0 Å². The maximum absolute atomic E-state index is 13.4. The number of benzene rings is 8. The van der Waals surface area contributed by atoms with E-state index < -0.39 is 57.0 Å². The Kier molecular flexibility index (Phi) is 28.3. The second-order valence-corrected chi connectivity index (χ2v) is 49.2. The first-order valence-corrected chi connectivity index (χ1v) is 56.8. The molecule has 24 rings (SSSR count). The van der Waals surface area contributed by atoms with Crippen molar-refractivity contribution in [3.63, 3.8) is 0 Å². The third-order valence-electron chi connectivity index (χ3n) is 28.5. The van der Waals surface area contributed by atoms with Crippen LogP contribution < -0.4 is 21.3 Å². The Morgan fingerprint density at radius 1 is 0.313 bits per heavy atom. The number of hydrogen-bond acceptors (Lipinski definition) is 24. The van der Waals surface area contributed by atoms with E-state index in [2.05, 4.69) is 117 Å². The lowest BCUT2D eigenvalue weighted by molar-refractivity contribution is -0.117. The number of fused-ring (bicyclic) bond motifs is 16. The molecule has 4 amide bonds. The molecule has 8 aliphatic rings. The first-order chi connectivity index (χ1) is 71.7. The number of thiophene rings is 4. The van der Waals surface area contributed by atoms with E-state index in [0.29, 0.717) is 115 Å². The van der Waals surface area contributed by atoms with Crippen molar-refractivity contribution >= 4 is 183 Å². The molecule has 8 aromatic carbocycles. The molecule has 8 atom stereocenters. The molecule has 38 heteroatoms. The zero-order chi connectivity index (χ0) is 105. The Labute approximate surface area is 907 Å². The SMILES string of the molecule is Cc1sc2c(c1C)C(c1ccc(Cl)cc1)=N[C@@H](CC(=O)Nc1ccc3c(c1)C[C@@](C)(O)C3)c1nnc(C)n1-2.Cc1sc2c(c1C)C(c1ccc(Cl)cc1)=N[C@@H](CC(=O)Nc1ccc3c(c1)C[C@](C)(O)C3)c1nnc(C)n1-2.Cc1sc2c(c1C)C(c1ccc(Cl)cc1)=N[C@@H](CC(=O)Nc1ccc3c(c1)C[S@@](=O)C3)c1nnc(C)n1-2.Cc1sc2c(c1C)C(c1ccc(Cl)cc1)=N[C@@H](CC(=O)Nc1ccc3c(c1)C[S@](=O)C3)c1nnc(C)n1-2. The molecule has 764 valence electrons. The monoisotopic (exact) mass is 2190 g/mol. The number of rotatable bonds is 16. The Bertz CT molecular complexity index is 7920. The fourth-order valence-electron chi connectivity index (χ4n) is 20.7. The van der Waals surface area contributed by atoms with Crippen molar-refractivity contribution in [1.82, 2.24) is 59.1 Å². The molecular weight excluding hydrogens is 2090 g/mol. The summed E-state index contributed by atoms with van der Waals surface area (Å²) in [6.07, 6.45) is 2.82. The molecule has 0 unspecified atom stereocenters. The molecule has 0 bridgehead atoms. The maximum Gasteiger partial charge on any atom is 0.227 e. The van der Waals surface area contributed by atoms with Gasteiger partial charge in [0, 0.05) is 177 Å². The molecule has 150 heavy (non-hydrogen) atoms. The number of carbonyl (C=O) groups is 4. The van der Waals surface area contributed by atoms with Crippen LogP contribution in [-0.2, 0) is 89.5 Å². The molecule has 2 aliphatic carbocycles. The van der Waals surface area contributed by atoms with Crippen molar-refractivity contribution in [2.24, 2.45) is 20.0 Å². The van der Waals surface area contributed by atoms with Gasteiger partial charge in [-0.25, -0.2) is 0 Å². The van der Waals surface area contributed by atoms with Crippen LogP contribution in [0.2, 0.25) is 20.1 Å². The summed E-state index contributed by atoms with van der Waals surface area (Å²) in [7, 11) is -1.74. The Morgan fingerprint density at radius 2 is 0.527 bits per heavy atom. The standard InChI is InChI=1S/2C29H28ClN5O2S.2C27H24ClN5O2S2/c2*1-15-16(2)38-28-25(15)26(18-5-8-21(30)9-6-18)32-23(27-34-33-17(3)35(27)28)12-24(36)31-22-10-7-19-13-29(4,37)14-20(19)11-22;2*1-14-15(2)36-27-24(14)25(17-4-7-20(28)8-5-17)30-22(26-32-31-16(3)33(26)27)11-23(34)29-21-9-6-18-12-37(35)13-19(18)10-21/h2*5-11,23,37H,12-14H2,1-4H3,(H,31,36);2*4-10,22H,11-13H2,1-3H3,(H,29,34)/t23-,29+;23-,29-;22-,37+;22-,37-/m0000/s1. The summed E-state index contributed by atoms with van der Waals surface area (Å²) in [4.78, 5) is 78.7. The van der Waals surface area contributed by atoms with E-state index in [-0.39, 0.29) is 49.3 Å². The second-order valence-electron chi connectivity index (χ2n) is 39.7. The van der Waals surface area contributed by atoms with Crippen molar-refractivity contribution in [1.29, 1.82) is 0 Å². The van der Waals surface area contributed by atoms with Crippen LogP contribution in [0.5, 0.6) is 0 Å². The number of nitrogens with one attached hydrogen (secondary N) is 4. The molecule has 0 radical (unpaired) electrons. The van der Waals surface area contributed by atoms with Crippen molar-refractivity contribution in [3.8, 4) is 20.0 Å². The van der Waals surface area contributed by atoms with Crippen molar-refractivity contribution in [2.45, 2.75) is 207 Å². The van der Waals surface area contributed by atoms with E-state index in [9.17, 15) is 37.8 Å². The summed E-state index contributed by atoms with van der Waals surface area (Å²) >= 11 is 31.5. The number of halogens is 4. The largest absolute Gasteiger partial charge is 0.389 e. The number of aryl methyl sites for hydroxylation is 8. The molecule has 28 nitrogen and oxygen atoms in total. The zero-order valence-electron chi connectivity index (χ0n) is 84.4. The molecule has 6 aliphatic heterocycles. The molecule has 0 saturated carbocycles. The predicted octanol–water partition coefficient (Wildman–Crippen LogP) is 22.5. The summed E-state index contributed by atoms with van der Waals surface area (Å²) < 4.78 is 32.0. The first kappa shape index (κ1) is 103. The summed E-state index contributed by atoms with van der Waals surface area (Å²) in [6.45, 7) is 28.2. The number of nitrogens with zero attached hydrogens (tertiary/aromatic N) is 16. The van der Waals surface area contributed by atoms with Gasteiger partial charge in [-0.05, 0) is 261 Å². The van der Waals surface area contributed by atoms with Crippen LogP contribution in [0, 0.1) is 83.1 Å². The molecule has 6 N–H and O–H groups in total. The lowest BCUT2D eigenvalue weighted by Crippen LogP contribution is -2.23. The quantitative estimate of drug-likeness (QED) is 0.0523. The number of aromatic nitrogens is 12. The smallest absolute Gasteiger partial charge is 0.227 e. The average molecular weight is 2190 g/mol. The fraction of sp³-hybridized carbons (Fsp3) is 0.286. The minimum Gasteiger partial charge on any atom is -0.389 e. The minimum atomic E-state index is -0.869. The van der Waals surface area contributed by atoms with Gasteiger partial charge >= 0.3 is 0 Å². The van der Waals surface area contributed by atoms with Crippen molar-refractivity contribution < 1.29 is 37.8 Å². The average Bonchev–Trinajstić information content (AvgIpc) is 1.60. The van der Waals surface area contributed by atoms with Gasteiger partial charge in [0.15, 0.2) is 23.3 Å². The lowest BCUT2D eigenvalue weighted by atomic mass is 9.99. The number of amides is 4. The van der Waals surface area contributed by atoms with Gasteiger partial charge < -0.3 is 31.5 Å². The van der Waals surface area contributed by atoms with Crippen molar-refractivity contribution in [3.05, 3.63) is 367 Å². The lowest BCUT2D eigenvalue weighted by Gasteiger charge is -2.14. The van der Waals surface area contributed by atoms with Gasteiger partial charge in [-0.15, -0.1) is 86.1 Å². The predicted molar refractivity (Wildman–Crippen MR) is 599 cm³/mol. The topological polar surface area (TPSA) is 363 Å². The molecule has 8 aromatic heterocycles. The Morgan fingerprint density at radius 3 is 0.767 bits per heavy atom. The molecular formula is C112H104Cl4N20O8S6. The van der Waals surface area contributed by atoms with Crippen LogP contribution in [0.3, 0.4) is 0 Å². The van der Waals surface area contributed by atoms with Gasteiger partial charge in [-0.3, -0.25) is 65.8 Å². The number of aliphatic imine (C=N–C) groups is 4. The minimum absolute atomic E-state index is 0.102. The Balaban J connectivity index is 0.000000117. The summed E-state index contributed by atoms with van der Waals surface area (Å²) in [5, 5.41) is 74.9. The maximum atomic E-state index is 13.4. The van der Waals surface area contributed by atoms with E-state index in [1.807, 2.05) is 230 Å². The number of carbonyl (C=O) groups excluding carboxylic acids is 4. The third kappa shape index (κ3) is 20.6. The molecule has 16 aromatic rings. The Hall–Kier alpha value is -12.9. The summed E-state index contributed by atoms with van der Waals surface area (Å²) in [6, 6.07) is 51.6. The first-order valence-electron chi connectivity index (χ1n) is 49.0. The van der Waals surface area contributed by atoms with Crippen LogP contribution in [0.25, 0.3) is 20.0 Å². The van der Waals surface area contributed by atoms with Gasteiger partial charge in [0.25, 0.3) is 0 Å². The number of anilines is 4. The van der Waals surface area contributed by atoms with Crippen LogP contribution in [0.4, 0.5) is 22.7 Å². The van der Waals surface area contributed by atoms with E-state index >= 15 is 0 Å². The molecule has 0 fully saturated rings. The van der Waals surface area contributed by atoms with E-state index in [1.165, 1.54) is 19.5 Å². The summed E-state index contributed by atoms with van der Waals surface area (Å²) in [5.41, 5.74) is 25.7. The highest BCUT2D eigenvalue weighted by atomic mass is 35.5. The molecule has 0 spiro atoms. The van der Waals surface area contributed by atoms with Crippen molar-refractivity contribution in [2.75, 3.05) is 21.3 Å². The zero-order valence-corrected chi connectivity index (χ0v) is 92.3.